The fourth-order valence-electron chi connectivity index (χ4n) is 4.95. The number of carbonyl (C=O) groups excluding carboxylic acids is 2. The predicted octanol–water partition coefficient (Wildman–Crippen LogP) is 7.70. The van der Waals surface area contributed by atoms with Gasteiger partial charge < -0.3 is 10.2 Å². The van der Waals surface area contributed by atoms with Crippen LogP contribution in [0.5, 0.6) is 0 Å². The standard InChI is InChI=1S/C31H26F5N3O2S/c32-24-10-8-19(16-25(24)33)9-11-28(40)39-14-12-20(13-15-39)30-38-27(18-42-30)29(41)37-26-7-2-1-6-23(26)21-4-3-5-22(17-21)31(34,35)36/h1-8,10,16-18,20H,9,11-15H2,(H,37,41). The van der Waals surface area contributed by atoms with Crippen molar-refractivity contribution >= 4 is 28.8 Å². The van der Waals surface area contributed by atoms with Crippen LogP contribution in [0.4, 0.5) is 27.6 Å². The van der Waals surface area contributed by atoms with E-state index in [2.05, 4.69) is 10.3 Å². The van der Waals surface area contributed by atoms with Crippen LogP contribution in [0.15, 0.2) is 72.1 Å². The van der Waals surface area contributed by atoms with Crippen LogP contribution in [0.25, 0.3) is 11.1 Å². The highest BCUT2D eigenvalue weighted by atomic mass is 32.1. The minimum Gasteiger partial charge on any atom is -0.343 e. The van der Waals surface area contributed by atoms with E-state index < -0.39 is 29.3 Å². The van der Waals surface area contributed by atoms with Crippen molar-refractivity contribution in [3.8, 4) is 11.1 Å². The zero-order valence-electron chi connectivity index (χ0n) is 22.3. The smallest absolute Gasteiger partial charge is 0.343 e. The van der Waals surface area contributed by atoms with Crippen molar-refractivity contribution < 1.29 is 31.5 Å². The summed E-state index contributed by atoms with van der Waals surface area (Å²) in [6.07, 6.45) is -2.63. The molecule has 2 amide bonds. The average Bonchev–Trinajstić information content (AvgIpc) is 3.48. The van der Waals surface area contributed by atoms with Gasteiger partial charge >= 0.3 is 6.18 Å². The predicted molar refractivity (Wildman–Crippen MR) is 150 cm³/mol. The Kier molecular flexibility index (Phi) is 8.67. The highest BCUT2D eigenvalue weighted by Crippen LogP contribution is 2.35. The third kappa shape index (κ3) is 6.84. The number of anilines is 1. The molecule has 0 saturated carbocycles. The molecule has 1 aliphatic rings. The van der Waals surface area contributed by atoms with Gasteiger partial charge in [0.2, 0.25) is 5.91 Å². The Morgan fingerprint density at radius 2 is 1.71 bits per heavy atom. The first-order valence-corrected chi connectivity index (χ1v) is 14.2. The molecular weight excluding hydrogens is 573 g/mol. The lowest BCUT2D eigenvalue weighted by Crippen LogP contribution is -2.38. The molecule has 11 heteroatoms. The molecule has 5 nitrogen and oxygen atoms in total. The number of carbonyl (C=O) groups is 2. The van der Waals surface area contributed by atoms with E-state index in [0.717, 1.165) is 29.3 Å². The molecule has 5 rings (SSSR count). The number of hydrogen-bond donors (Lipinski definition) is 1. The number of rotatable bonds is 7. The van der Waals surface area contributed by atoms with Gasteiger partial charge in [-0.2, -0.15) is 13.2 Å². The van der Waals surface area contributed by atoms with Crippen molar-refractivity contribution in [3.63, 3.8) is 0 Å². The molecule has 1 saturated heterocycles. The lowest BCUT2D eigenvalue weighted by molar-refractivity contribution is -0.137. The monoisotopic (exact) mass is 599 g/mol. The number of thiazole rings is 1. The Bertz CT molecular complexity index is 1600. The second-order valence-corrected chi connectivity index (χ2v) is 10.9. The summed E-state index contributed by atoms with van der Waals surface area (Å²) in [5.74, 6) is -2.31. The molecule has 218 valence electrons. The highest BCUT2D eigenvalue weighted by molar-refractivity contribution is 7.10. The molecule has 3 aromatic carbocycles. The maximum atomic E-state index is 13.4. The summed E-state index contributed by atoms with van der Waals surface area (Å²) in [7, 11) is 0. The van der Waals surface area contributed by atoms with Gasteiger partial charge in [-0.05, 0) is 60.7 Å². The first-order chi connectivity index (χ1) is 20.1. The number of benzene rings is 3. The molecule has 1 aliphatic heterocycles. The van der Waals surface area contributed by atoms with Crippen LogP contribution in [0, 0.1) is 11.6 Å². The Balaban J connectivity index is 1.18. The number of piperidine rings is 1. The number of aryl methyl sites for hydroxylation is 1. The zero-order chi connectivity index (χ0) is 29.9. The number of nitrogens with zero attached hydrogens (tertiary/aromatic N) is 2. The quantitative estimate of drug-likeness (QED) is 0.222. The van der Waals surface area contributed by atoms with Crippen molar-refractivity contribution in [3.05, 3.63) is 106 Å². The van der Waals surface area contributed by atoms with E-state index in [1.165, 1.54) is 23.5 Å². The maximum absolute atomic E-state index is 13.4. The molecule has 0 aliphatic carbocycles. The summed E-state index contributed by atoms with van der Waals surface area (Å²) in [6, 6.07) is 15.2. The van der Waals surface area contributed by atoms with Crippen LogP contribution in [-0.4, -0.2) is 34.8 Å². The van der Waals surface area contributed by atoms with Gasteiger partial charge in [0.05, 0.1) is 10.6 Å². The number of para-hydroxylation sites is 1. The number of amides is 2. The van der Waals surface area contributed by atoms with Crippen molar-refractivity contribution in [1.82, 2.24) is 9.88 Å². The average molecular weight is 600 g/mol. The van der Waals surface area contributed by atoms with Gasteiger partial charge in [-0.15, -0.1) is 11.3 Å². The number of nitrogens with one attached hydrogen (secondary N) is 1. The Morgan fingerprint density at radius 1 is 0.952 bits per heavy atom. The second kappa shape index (κ2) is 12.4. The van der Waals surface area contributed by atoms with E-state index in [9.17, 15) is 31.5 Å². The third-order valence-corrected chi connectivity index (χ3v) is 8.25. The van der Waals surface area contributed by atoms with E-state index in [-0.39, 0.29) is 23.9 Å². The molecule has 0 bridgehead atoms. The van der Waals surface area contributed by atoms with Crippen LogP contribution in [0.3, 0.4) is 0 Å². The normalized spacial score (nSPS) is 14.2. The molecule has 1 N–H and O–H groups in total. The van der Waals surface area contributed by atoms with E-state index >= 15 is 0 Å². The largest absolute Gasteiger partial charge is 0.416 e. The number of likely N-dealkylation sites (tertiary alicyclic amines) is 1. The maximum Gasteiger partial charge on any atom is 0.416 e. The van der Waals surface area contributed by atoms with Gasteiger partial charge in [-0.25, -0.2) is 13.8 Å². The Labute approximate surface area is 243 Å². The van der Waals surface area contributed by atoms with Crippen molar-refractivity contribution in [2.75, 3.05) is 18.4 Å². The minimum atomic E-state index is -4.49. The Morgan fingerprint density at radius 3 is 2.45 bits per heavy atom. The van der Waals surface area contributed by atoms with E-state index in [1.807, 2.05) is 0 Å². The number of aromatic nitrogens is 1. The number of hydrogen-bond acceptors (Lipinski definition) is 4. The molecule has 4 aromatic rings. The third-order valence-electron chi connectivity index (χ3n) is 7.24. The zero-order valence-corrected chi connectivity index (χ0v) is 23.1. The number of alkyl halides is 3. The first kappa shape index (κ1) is 29.4. The van der Waals surface area contributed by atoms with Gasteiger partial charge in [0.15, 0.2) is 11.6 Å². The van der Waals surface area contributed by atoms with Crippen molar-refractivity contribution in [2.24, 2.45) is 0 Å². The molecule has 0 atom stereocenters. The summed E-state index contributed by atoms with van der Waals surface area (Å²) in [6.45, 7) is 1.04. The van der Waals surface area contributed by atoms with Crippen LogP contribution < -0.4 is 5.32 Å². The molecule has 1 aromatic heterocycles. The van der Waals surface area contributed by atoms with Crippen LogP contribution in [0.2, 0.25) is 0 Å². The highest BCUT2D eigenvalue weighted by Gasteiger charge is 2.31. The molecular formula is C31H26F5N3O2S. The lowest BCUT2D eigenvalue weighted by Gasteiger charge is -2.31. The molecule has 1 fully saturated rings. The van der Waals surface area contributed by atoms with Crippen molar-refractivity contribution in [2.45, 2.75) is 37.8 Å². The fourth-order valence-corrected chi connectivity index (χ4v) is 5.92. The van der Waals surface area contributed by atoms with Gasteiger partial charge in [0.25, 0.3) is 5.91 Å². The lowest BCUT2D eigenvalue weighted by atomic mass is 9.97. The minimum absolute atomic E-state index is 0.0585. The molecule has 42 heavy (non-hydrogen) atoms. The SMILES string of the molecule is O=C(Nc1ccccc1-c1cccc(C(F)(F)F)c1)c1csc(C2CCN(C(=O)CCc3ccc(F)c(F)c3)CC2)n1. The fraction of sp³-hybridized carbons (Fsp3) is 0.258. The van der Waals surface area contributed by atoms with E-state index in [1.54, 1.807) is 40.6 Å². The van der Waals surface area contributed by atoms with Gasteiger partial charge in [0.1, 0.15) is 5.69 Å². The molecule has 0 radical (unpaired) electrons. The van der Waals surface area contributed by atoms with Gasteiger partial charge in [-0.1, -0.05) is 36.4 Å². The van der Waals surface area contributed by atoms with Crippen LogP contribution in [-0.2, 0) is 17.4 Å². The molecule has 0 unspecified atom stereocenters. The summed E-state index contributed by atoms with van der Waals surface area (Å²) in [5.41, 5.74) is 1.13. The topological polar surface area (TPSA) is 62.3 Å². The second-order valence-electron chi connectivity index (χ2n) is 10.1. The first-order valence-electron chi connectivity index (χ1n) is 13.3. The Hall–Kier alpha value is -4.12. The summed E-state index contributed by atoms with van der Waals surface area (Å²) < 4.78 is 66.3. The number of halogens is 5. The van der Waals surface area contributed by atoms with Crippen LogP contribution in [0.1, 0.15) is 51.8 Å². The molecule has 2 heterocycles. The van der Waals surface area contributed by atoms with Crippen LogP contribution >= 0.6 is 11.3 Å². The summed E-state index contributed by atoms with van der Waals surface area (Å²) in [4.78, 5) is 32.0. The van der Waals surface area contributed by atoms with E-state index in [0.29, 0.717) is 54.7 Å². The van der Waals surface area contributed by atoms with Crippen molar-refractivity contribution in [1.29, 1.82) is 0 Å². The summed E-state index contributed by atoms with van der Waals surface area (Å²) >= 11 is 1.35. The van der Waals surface area contributed by atoms with Gasteiger partial charge in [0, 0.05) is 42.1 Å². The summed E-state index contributed by atoms with van der Waals surface area (Å²) in [5, 5.41) is 5.21. The molecule has 0 spiro atoms. The van der Waals surface area contributed by atoms with Gasteiger partial charge in [-0.3, -0.25) is 9.59 Å². The van der Waals surface area contributed by atoms with E-state index in [4.69, 9.17) is 0 Å².